The van der Waals surface area contributed by atoms with Crippen LogP contribution < -0.4 is 4.72 Å². The molecule has 1 aromatic heterocycles. The number of hydrogen-bond donors (Lipinski definition) is 1. The molecule has 6 rings (SSSR count). The van der Waals surface area contributed by atoms with Crippen molar-refractivity contribution in [1.82, 2.24) is 18.5 Å². The minimum Gasteiger partial charge on any atom is -0.378 e. The van der Waals surface area contributed by atoms with E-state index in [1.807, 2.05) is 29.2 Å². The van der Waals surface area contributed by atoms with Gasteiger partial charge in [0.1, 0.15) is 0 Å². The molecule has 0 unspecified atom stereocenters. The molecule has 0 atom stereocenters. The van der Waals surface area contributed by atoms with Gasteiger partial charge in [-0.1, -0.05) is 56.5 Å². The molecule has 222 valence electrons. The molecule has 0 spiro atoms. The van der Waals surface area contributed by atoms with Crippen molar-refractivity contribution < 1.29 is 22.7 Å². The van der Waals surface area contributed by atoms with Gasteiger partial charge in [-0.25, -0.2) is 4.72 Å². The minimum atomic E-state index is -3.96. The molecule has 42 heavy (non-hydrogen) atoms. The molecule has 2 amide bonds. The van der Waals surface area contributed by atoms with Gasteiger partial charge >= 0.3 is 10.2 Å². The summed E-state index contributed by atoms with van der Waals surface area (Å²) in [4.78, 5) is 28.9. The van der Waals surface area contributed by atoms with Crippen molar-refractivity contribution in [3.8, 4) is 11.3 Å². The average Bonchev–Trinajstić information content (AvgIpc) is 3.23. The van der Waals surface area contributed by atoms with Crippen LogP contribution in [0.1, 0.15) is 66.4 Å². The zero-order valence-electron chi connectivity index (χ0n) is 24.3. The number of fused-ring (bicyclic) bond motifs is 5. The standard InChI is InChI=1S/C32H38N4O5S/c1-3-34(2)42(39,40)33-31(37)24-13-14-27-28(20-24)36-21-25(32(38)35-15-17-41-18-16-35)19-23-11-7-8-12-26(23)30(36)29(27)22-9-5-4-6-10-22/h7-8,11-14,19-20,22H,3-6,9-10,15-18,21H2,1-2H3,(H,33,37). The number of carbonyl (C=O) groups is 2. The SMILES string of the molecule is CCN(C)S(=O)(=O)NC(=O)c1ccc2c(C3CCCCC3)c3n(c2c1)CC(C(=O)N1CCOCC1)=Cc1ccccc1-3. The number of hydrogen-bond acceptors (Lipinski definition) is 5. The number of amides is 2. The van der Waals surface area contributed by atoms with Crippen LogP contribution in [0, 0.1) is 0 Å². The molecule has 2 fully saturated rings. The summed E-state index contributed by atoms with van der Waals surface area (Å²) in [6.45, 7) is 4.45. The molecule has 1 saturated heterocycles. The smallest absolute Gasteiger partial charge is 0.303 e. The van der Waals surface area contributed by atoms with Crippen LogP contribution >= 0.6 is 0 Å². The van der Waals surface area contributed by atoms with Crippen LogP contribution in [0.4, 0.5) is 0 Å². The van der Waals surface area contributed by atoms with E-state index >= 15 is 0 Å². The lowest BCUT2D eigenvalue weighted by molar-refractivity contribution is -0.131. The molecule has 3 heterocycles. The molecule has 0 bridgehead atoms. The largest absolute Gasteiger partial charge is 0.378 e. The van der Waals surface area contributed by atoms with Crippen LogP contribution in [0.25, 0.3) is 28.2 Å². The van der Waals surface area contributed by atoms with E-state index < -0.39 is 16.1 Å². The maximum atomic E-state index is 13.8. The van der Waals surface area contributed by atoms with Gasteiger partial charge in [-0.05, 0) is 48.1 Å². The van der Waals surface area contributed by atoms with Gasteiger partial charge in [0.05, 0.1) is 25.5 Å². The lowest BCUT2D eigenvalue weighted by Crippen LogP contribution is -2.41. The van der Waals surface area contributed by atoms with Crippen molar-refractivity contribution in [3.63, 3.8) is 0 Å². The maximum Gasteiger partial charge on any atom is 0.303 e. The fraction of sp³-hybridized carbons (Fsp3) is 0.438. The summed E-state index contributed by atoms with van der Waals surface area (Å²) < 4.78 is 36.2. The highest BCUT2D eigenvalue weighted by atomic mass is 32.2. The predicted molar refractivity (Wildman–Crippen MR) is 163 cm³/mol. The molecule has 3 aliphatic rings. The van der Waals surface area contributed by atoms with E-state index in [1.54, 1.807) is 19.1 Å². The van der Waals surface area contributed by atoms with Gasteiger partial charge in [-0.15, -0.1) is 0 Å². The summed E-state index contributed by atoms with van der Waals surface area (Å²) in [6, 6.07) is 13.7. The Balaban J connectivity index is 1.52. The van der Waals surface area contributed by atoms with Gasteiger partial charge in [-0.2, -0.15) is 12.7 Å². The fourth-order valence-electron chi connectivity index (χ4n) is 6.54. The minimum absolute atomic E-state index is 0.00962. The van der Waals surface area contributed by atoms with Crippen LogP contribution in [0.3, 0.4) is 0 Å². The lowest BCUT2D eigenvalue weighted by atomic mass is 9.81. The number of rotatable bonds is 6. The third-order valence-electron chi connectivity index (χ3n) is 8.90. The number of carbonyl (C=O) groups excluding carboxylic acids is 2. The second-order valence-electron chi connectivity index (χ2n) is 11.4. The van der Waals surface area contributed by atoms with Crippen molar-refractivity contribution in [2.45, 2.75) is 51.5 Å². The van der Waals surface area contributed by atoms with E-state index in [9.17, 15) is 18.0 Å². The molecule has 0 radical (unpaired) electrons. The highest BCUT2D eigenvalue weighted by Crippen LogP contribution is 2.46. The molecule has 3 aromatic rings. The van der Waals surface area contributed by atoms with Crippen LogP contribution in [-0.4, -0.2) is 73.9 Å². The number of nitrogens with one attached hydrogen (secondary N) is 1. The fourth-order valence-corrected chi connectivity index (χ4v) is 7.39. The molecule has 1 N–H and O–H groups in total. The third-order valence-corrected chi connectivity index (χ3v) is 10.4. The molecule has 2 aliphatic heterocycles. The first-order valence-electron chi connectivity index (χ1n) is 14.9. The number of morpholine rings is 1. The van der Waals surface area contributed by atoms with E-state index in [4.69, 9.17) is 4.74 Å². The van der Waals surface area contributed by atoms with Crippen molar-refractivity contribution in [2.24, 2.45) is 0 Å². The Bertz CT molecular complexity index is 1660. The van der Waals surface area contributed by atoms with Crippen molar-refractivity contribution in [2.75, 3.05) is 39.9 Å². The Kier molecular flexibility index (Phi) is 7.95. The van der Waals surface area contributed by atoms with Crippen molar-refractivity contribution in [3.05, 3.63) is 64.7 Å². The van der Waals surface area contributed by atoms with E-state index in [0.717, 1.165) is 44.9 Å². The van der Waals surface area contributed by atoms with Crippen LogP contribution in [0.15, 0.2) is 48.0 Å². The Labute approximate surface area is 247 Å². The summed E-state index contributed by atoms with van der Waals surface area (Å²) >= 11 is 0. The van der Waals surface area contributed by atoms with Crippen LogP contribution in [0.5, 0.6) is 0 Å². The molecule has 10 heteroatoms. The zero-order valence-corrected chi connectivity index (χ0v) is 25.1. The van der Waals surface area contributed by atoms with Crippen molar-refractivity contribution >= 4 is 39.0 Å². The first kappa shape index (κ1) is 28.6. The molecular weight excluding hydrogens is 552 g/mol. The predicted octanol–water partition coefficient (Wildman–Crippen LogP) is 4.54. The van der Waals surface area contributed by atoms with E-state index in [1.165, 1.54) is 31.9 Å². The Hall–Kier alpha value is -3.47. The van der Waals surface area contributed by atoms with E-state index in [0.29, 0.717) is 44.3 Å². The first-order chi connectivity index (χ1) is 20.3. The summed E-state index contributed by atoms with van der Waals surface area (Å²) in [7, 11) is -2.53. The average molecular weight is 591 g/mol. The Morgan fingerprint density at radius 3 is 2.52 bits per heavy atom. The molecule has 1 aliphatic carbocycles. The molecule has 1 saturated carbocycles. The van der Waals surface area contributed by atoms with E-state index in [2.05, 4.69) is 21.4 Å². The second kappa shape index (κ2) is 11.7. The van der Waals surface area contributed by atoms with Gasteiger partial charge in [0.25, 0.3) is 11.8 Å². The van der Waals surface area contributed by atoms with Gasteiger partial charge in [-0.3, -0.25) is 9.59 Å². The van der Waals surface area contributed by atoms with Gasteiger partial charge in [0.15, 0.2) is 0 Å². The Morgan fingerprint density at radius 2 is 1.79 bits per heavy atom. The molecule has 2 aromatic carbocycles. The zero-order chi connectivity index (χ0) is 29.4. The quantitative estimate of drug-likeness (QED) is 0.455. The maximum absolute atomic E-state index is 13.8. The lowest BCUT2D eigenvalue weighted by Gasteiger charge is -2.28. The Morgan fingerprint density at radius 1 is 1.05 bits per heavy atom. The highest BCUT2D eigenvalue weighted by Gasteiger charge is 2.32. The topological polar surface area (TPSA) is 101 Å². The number of aromatic nitrogens is 1. The third kappa shape index (κ3) is 5.27. The summed E-state index contributed by atoms with van der Waals surface area (Å²) in [6.07, 6.45) is 7.75. The first-order valence-corrected chi connectivity index (χ1v) is 16.3. The summed E-state index contributed by atoms with van der Waals surface area (Å²) in [5.41, 5.74) is 6.18. The summed E-state index contributed by atoms with van der Waals surface area (Å²) in [5, 5.41) is 1.05. The van der Waals surface area contributed by atoms with Crippen molar-refractivity contribution in [1.29, 1.82) is 0 Å². The number of nitrogens with zero attached hydrogens (tertiary/aromatic N) is 3. The number of benzene rings is 2. The monoisotopic (exact) mass is 590 g/mol. The van der Waals surface area contributed by atoms with E-state index in [-0.39, 0.29) is 18.0 Å². The summed E-state index contributed by atoms with van der Waals surface area (Å²) in [5.74, 6) is -0.328. The van der Waals surface area contributed by atoms with Gasteiger partial charge < -0.3 is 14.2 Å². The highest BCUT2D eigenvalue weighted by molar-refractivity contribution is 7.87. The van der Waals surface area contributed by atoms with Gasteiger partial charge in [0, 0.05) is 54.3 Å². The van der Waals surface area contributed by atoms with Gasteiger partial charge in [0.2, 0.25) is 0 Å². The molecule has 9 nitrogen and oxygen atoms in total. The normalized spacial score (nSPS) is 17.9. The van der Waals surface area contributed by atoms with Crippen LogP contribution in [0.2, 0.25) is 0 Å². The van der Waals surface area contributed by atoms with Crippen LogP contribution in [-0.2, 0) is 26.3 Å². The molecular formula is C32H38N4O5S. The second-order valence-corrected chi connectivity index (χ2v) is 13.2. The number of ether oxygens (including phenoxy) is 1.